The molecule has 0 spiro atoms. The van der Waals surface area contributed by atoms with Gasteiger partial charge >= 0.3 is 0 Å². The van der Waals surface area contributed by atoms with Gasteiger partial charge in [-0.1, -0.05) is 23.2 Å². The fourth-order valence-electron chi connectivity index (χ4n) is 2.33. The van der Waals surface area contributed by atoms with E-state index < -0.39 is 0 Å². The molecule has 0 aliphatic heterocycles. The molecule has 4 aromatic heterocycles. The summed E-state index contributed by atoms with van der Waals surface area (Å²) in [6, 6.07) is 3.78. The summed E-state index contributed by atoms with van der Waals surface area (Å²) in [4.78, 5) is 18.8. The van der Waals surface area contributed by atoms with Gasteiger partial charge in [0, 0.05) is 25.5 Å². The van der Waals surface area contributed by atoms with Crippen molar-refractivity contribution in [1.29, 1.82) is 0 Å². The molecular weight excluding hydrogens is 363 g/mol. The third kappa shape index (κ3) is 4.07. The molecule has 4 heterocycles. The van der Waals surface area contributed by atoms with Gasteiger partial charge in [-0.05, 0) is 19.1 Å². The van der Waals surface area contributed by atoms with Crippen LogP contribution in [0.15, 0.2) is 37.2 Å². The van der Waals surface area contributed by atoms with E-state index in [1.165, 1.54) is 12.7 Å². The van der Waals surface area contributed by atoms with Crippen LogP contribution in [0, 0.1) is 0 Å². The standard InChI is InChI=1S/C10H12ClN3O.C6H4ClN3/c1-2-15-6-5-14-4-3-8-9(14)10(11)13-7-12-8;7-6-5-4(1-2-8-5)9-3-10-6/h3-4,7H,2,5-6H2,1H3;1-3,8H. The Bertz CT molecular complexity index is 967. The third-order valence-corrected chi connectivity index (χ3v) is 4.05. The summed E-state index contributed by atoms with van der Waals surface area (Å²) in [5.74, 6) is 0. The van der Waals surface area contributed by atoms with Crippen LogP contribution in [0.2, 0.25) is 10.3 Å². The lowest BCUT2D eigenvalue weighted by atomic mass is 10.4. The molecule has 0 aliphatic carbocycles. The fraction of sp³-hybridized carbons (Fsp3) is 0.250. The highest BCUT2D eigenvalue weighted by Crippen LogP contribution is 2.20. The SMILES string of the molecule is CCOCCn1ccc2ncnc(Cl)c21.Clc1ncnc2cc[nH]c12. The van der Waals surface area contributed by atoms with Crippen LogP contribution in [0.5, 0.6) is 0 Å². The van der Waals surface area contributed by atoms with Crippen LogP contribution in [-0.4, -0.2) is 42.7 Å². The van der Waals surface area contributed by atoms with Gasteiger partial charge in [0.05, 0.1) is 17.6 Å². The smallest absolute Gasteiger partial charge is 0.156 e. The van der Waals surface area contributed by atoms with Crippen LogP contribution in [0.4, 0.5) is 0 Å². The van der Waals surface area contributed by atoms with E-state index in [4.69, 9.17) is 27.9 Å². The van der Waals surface area contributed by atoms with Crippen molar-refractivity contribution >= 4 is 45.3 Å². The number of aromatic amines is 1. The number of ether oxygens (including phenoxy) is 1. The molecule has 0 saturated carbocycles. The molecule has 4 rings (SSSR count). The molecule has 0 aromatic carbocycles. The lowest BCUT2D eigenvalue weighted by molar-refractivity contribution is 0.140. The number of halogens is 2. The molecular formula is C16H16Cl2N6O. The zero-order valence-corrected chi connectivity index (χ0v) is 15.0. The number of hydrogen-bond donors (Lipinski definition) is 1. The highest BCUT2D eigenvalue weighted by molar-refractivity contribution is 6.33. The predicted octanol–water partition coefficient (Wildman–Crippen LogP) is 3.73. The molecule has 0 radical (unpaired) electrons. The normalized spacial score (nSPS) is 10.8. The summed E-state index contributed by atoms with van der Waals surface area (Å²) < 4.78 is 7.30. The van der Waals surface area contributed by atoms with Gasteiger partial charge in [-0.2, -0.15) is 0 Å². The van der Waals surface area contributed by atoms with Crippen LogP contribution < -0.4 is 0 Å². The zero-order valence-electron chi connectivity index (χ0n) is 13.5. The average molecular weight is 379 g/mol. The van der Waals surface area contributed by atoms with Gasteiger partial charge in [0.25, 0.3) is 0 Å². The number of aromatic nitrogens is 6. The Morgan fingerprint density at radius 2 is 1.80 bits per heavy atom. The maximum absolute atomic E-state index is 6.00. The number of nitrogens with one attached hydrogen (secondary N) is 1. The highest BCUT2D eigenvalue weighted by atomic mass is 35.5. The first-order chi connectivity index (χ1) is 12.2. The molecule has 25 heavy (non-hydrogen) atoms. The van der Waals surface area contributed by atoms with Gasteiger partial charge in [-0.25, -0.2) is 19.9 Å². The van der Waals surface area contributed by atoms with E-state index in [1.54, 1.807) is 6.20 Å². The zero-order chi connectivity index (χ0) is 17.6. The fourth-order valence-corrected chi connectivity index (χ4v) is 2.77. The van der Waals surface area contributed by atoms with Crippen molar-refractivity contribution in [2.45, 2.75) is 13.5 Å². The van der Waals surface area contributed by atoms with E-state index >= 15 is 0 Å². The van der Waals surface area contributed by atoms with E-state index in [1.807, 2.05) is 29.8 Å². The molecule has 0 aliphatic rings. The van der Waals surface area contributed by atoms with Crippen molar-refractivity contribution in [3.63, 3.8) is 0 Å². The van der Waals surface area contributed by atoms with Crippen LogP contribution in [0.25, 0.3) is 22.1 Å². The van der Waals surface area contributed by atoms with Crippen molar-refractivity contribution in [3.8, 4) is 0 Å². The molecule has 0 bridgehead atoms. The number of nitrogens with zero attached hydrogens (tertiary/aromatic N) is 5. The second kappa shape index (κ2) is 8.24. The lowest BCUT2D eigenvalue weighted by Gasteiger charge is -2.05. The van der Waals surface area contributed by atoms with Crippen LogP contribution in [-0.2, 0) is 11.3 Å². The quantitative estimate of drug-likeness (QED) is 0.432. The van der Waals surface area contributed by atoms with E-state index in [2.05, 4.69) is 24.9 Å². The highest BCUT2D eigenvalue weighted by Gasteiger charge is 2.06. The van der Waals surface area contributed by atoms with Crippen molar-refractivity contribution in [2.24, 2.45) is 0 Å². The summed E-state index contributed by atoms with van der Waals surface area (Å²) in [5.41, 5.74) is 3.38. The molecule has 9 heteroatoms. The topological polar surface area (TPSA) is 81.5 Å². The lowest BCUT2D eigenvalue weighted by Crippen LogP contribution is -2.05. The minimum absolute atomic E-state index is 0.468. The summed E-state index contributed by atoms with van der Waals surface area (Å²) in [6.45, 7) is 4.14. The minimum atomic E-state index is 0.468. The van der Waals surface area contributed by atoms with Crippen molar-refractivity contribution < 1.29 is 4.74 Å². The minimum Gasteiger partial charge on any atom is -0.380 e. The molecule has 7 nitrogen and oxygen atoms in total. The van der Waals surface area contributed by atoms with Crippen LogP contribution >= 0.6 is 23.2 Å². The monoisotopic (exact) mass is 378 g/mol. The molecule has 130 valence electrons. The number of H-pyrrole nitrogens is 1. The maximum Gasteiger partial charge on any atom is 0.156 e. The second-order valence-electron chi connectivity index (χ2n) is 5.01. The molecule has 0 amide bonds. The Morgan fingerprint density at radius 1 is 1.04 bits per heavy atom. The number of hydrogen-bond acceptors (Lipinski definition) is 5. The molecule has 4 aromatic rings. The first-order valence-corrected chi connectivity index (χ1v) is 8.43. The van der Waals surface area contributed by atoms with E-state index in [-0.39, 0.29) is 0 Å². The van der Waals surface area contributed by atoms with E-state index in [0.717, 1.165) is 35.2 Å². The summed E-state index contributed by atoms with van der Waals surface area (Å²) in [7, 11) is 0. The first kappa shape index (κ1) is 17.6. The average Bonchev–Trinajstić information content (AvgIpc) is 3.24. The Kier molecular flexibility index (Phi) is 5.80. The second-order valence-corrected chi connectivity index (χ2v) is 5.72. The largest absolute Gasteiger partial charge is 0.380 e. The molecule has 0 unspecified atom stereocenters. The Morgan fingerprint density at radius 3 is 2.56 bits per heavy atom. The van der Waals surface area contributed by atoms with E-state index in [9.17, 15) is 0 Å². The van der Waals surface area contributed by atoms with Gasteiger partial charge in [-0.15, -0.1) is 0 Å². The molecule has 1 N–H and O–H groups in total. The van der Waals surface area contributed by atoms with Crippen LogP contribution in [0.1, 0.15) is 6.92 Å². The molecule has 0 saturated heterocycles. The number of fused-ring (bicyclic) bond motifs is 2. The summed E-state index contributed by atoms with van der Waals surface area (Å²) in [5, 5.41) is 0.955. The first-order valence-electron chi connectivity index (χ1n) is 7.67. The third-order valence-electron chi connectivity index (χ3n) is 3.49. The molecule has 0 atom stereocenters. The Labute approximate surface area is 154 Å². The predicted molar refractivity (Wildman–Crippen MR) is 97.9 cm³/mol. The van der Waals surface area contributed by atoms with Crippen molar-refractivity contribution in [2.75, 3.05) is 13.2 Å². The van der Waals surface area contributed by atoms with Crippen molar-refractivity contribution in [3.05, 3.63) is 47.5 Å². The van der Waals surface area contributed by atoms with Gasteiger partial charge < -0.3 is 14.3 Å². The Hall–Kier alpha value is -2.22. The van der Waals surface area contributed by atoms with Crippen molar-refractivity contribution in [1.82, 2.24) is 29.5 Å². The van der Waals surface area contributed by atoms with Crippen LogP contribution in [0.3, 0.4) is 0 Å². The van der Waals surface area contributed by atoms with E-state index in [0.29, 0.717) is 16.9 Å². The Balaban J connectivity index is 0.000000157. The number of rotatable bonds is 4. The van der Waals surface area contributed by atoms with Gasteiger partial charge in [-0.3, -0.25) is 0 Å². The molecule has 0 fully saturated rings. The maximum atomic E-state index is 6.00. The summed E-state index contributed by atoms with van der Waals surface area (Å²) >= 11 is 11.7. The van der Waals surface area contributed by atoms with Gasteiger partial charge in [0.15, 0.2) is 10.3 Å². The van der Waals surface area contributed by atoms with Gasteiger partial charge in [0.2, 0.25) is 0 Å². The van der Waals surface area contributed by atoms with Gasteiger partial charge in [0.1, 0.15) is 23.7 Å². The summed E-state index contributed by atoms with van der Waals surface area (Å²) in [6.07, 6.45) is 6.64.